The number of hydrogen-bond acceptors (Lipinski definition) is 5. The van der Waals surface area contributed by atoms with Gasteiger partial charge in [0, 0.05) is 22.6 Å². The normalized spacial score (nSPS) is 11.4. The van der Waals surface area contributed by atoms with Crippen LogP contribution in [0.25, 0.3) is 0 Å². The summed E-state index contributed by atoms with van der Waals surface area (Å²) in [7, 11) is 0. The highest BCUT2D eigenvalue weighted by Crippen LogP contribution is 2.36. The highest BCUT2D eigenvalue weighted by atomic mass is 79.9. The van der Waals surface area contributed by atoms with Crippen molar-refractivity contribution in [3.8, 4) is 11.5 Å². The zero-order chi connectivity index (χ0) is 21.2. The molecule has 5 nitrogen and oxygen atoms in total. The summed E-state index contributed by atoms with van der Waals surface area (Å²) in [6.45, 7) is -0.337. The largest absolute Gasteiger partial charge is 0.454 e. The first-order valence-electron chi connectivity index (χ1n) is 7.72. The summed E-state index contributed by atoms with van der Waals surface area (Å²) in [5, 5.41) is 2.42. The molecule has 0 saturated carbocycles. The van der Waals surface area contributed by atoms with Crippen molar-refractivity contribution >= 4 is 33.4 Å². The summed E-state index contributed by atoms with van der Waals surface area (Å²) in [5.74, 6) is -3.47. The predicted octanol–water partition coefficient (Wildman–Crippen LogP) is 5.32. The van der Waals surface area contributed by atoms with Crippen LogP contribution >= 0.6 is 27.5 Å². The smallest absolute Gasteiger partial charge is 0.416 e. The van der Waals surface area contributed by atoms with Gasteiger partial charge >= 0.3 is 6.18 Å². The first kappa shape index (κ1) is 21.1. The molecular weight excluding hydrogens is 485 g/mol. The van der Waals surface area contributed by atoms with E-state index in [-0.39, 0.29) is 27.3 Å². The SMILES string of the molecule is O=C(NCc1cc(F)c(Oc2cc(Br)cc(C(F)(F)F)c2)cc1F)c1ncns1. The number of ether oxygens (including phenoxy) is 1. The Hall–Kier alpha value is -2.60. The van der Waals surface area contributed by atoms with Crippen molar-refractivity contribution in [1.29, 1.82) is 0 Å². The van der Waals surface area contributed by atoms with Gasteiger partial charge in [0.2, 0.25) is 5.01 Å². The molecule has 2 aromatic carbocycles. The highest BCUT2D eigenvalue weighted by molar-refractivity contribution is 9.10. The Kier molecular flexibility index (Phi) is 6.13. The van der Waals surface area contributed by atoms with Gasteiger partial charge in [-0.2, -0.15) is 17.5 Å². The number of carbonyl (C=O) groups excluding carboxylic acids is 1. The molecule has 152 valence electrons. The molecular formula is C17H9BrF5N3O2S. The Labute approximate surface area is 172 Å². The fourth-order valence-electron chi connectivity index (χ4n) is 2.22. The van der Waals surface area contributed by atoms with Crippen LogP contribution in [0.4, 0.5) is 22.0 Å². The van der Waals surface area contributed by atoms with E-state index in [2.05, 4.69) is 30.6 Å². The van der Waals surface area contributed by atoms with Crippen molar-refractivity contribution in [2.45, 2.75) is 12.7 Å². The second-order valence-corrected chi connectivity index (χ2v) is 7.27. The zero-order valence-corrected chi connectivity index (χ0v) is 16.5. The van der Waals surface area contributed by atoms with Crippen LogP contribution in [0, 0.1) is 11.6 Å². The van der Waals surface area contributed by atoms with Gasteiger partial charge in [0.1, 0.15) is 17.9 Å². The maximum atomic E-state index is 14.3. The van der Waals surface area contributed by atoms with E-state index in [4.69, 9.17) is 4.74 Å². The zero-order valence-electron chi connectivity index (χ0n) is 14.1. The number of nitrogens with one attached hydrogen (secondary N) is 1. The van der Waals surface area contributed by atoms with Crippen molar-refractivity contribution in [1.82, 2.24) is 14.7 Å². The molecule has 0 fully saturated rings. The minimum atomic E-state index is -4.64. The van der Waals surface area contributed by atoms with Crippen LogP contribution in [0.15, 0.2) is 41.1 Å². The van der Waals surface area contributed by atoms with Crippen molar-refractivity contribution in [3.05, 3.63) is 68.9 Å². The van der Waals surface area contributed by atoms with Gasteiger partial charge in [0.25, 0.3) is 5.91 Å². The number of amides is 1. The van der Waals surface area contributed by atoms with E-state index >= 15 is 0 Å². The maximum Gasteiger partial charge on any atom is 0.416 e. The van der Waals surface area contributed by atoms with Crippen LogP contribution in [0.1, 0.15) is 20.9 Å². The van der Waals surface area contributed by atoms with Gasteiger partial charge in [0.15, 0.2) is 11.6 Å². The second kappa shape index (κ2) is 8.41. The van der Waals surface area contributed by atoms with Gasteiger partial charge in [-0.1, -0.05) is 15.9 Å². The molecule has 29 heavy (non-hydrogen) atoms. The monoisotopic (exact) mass is 493 g/mol. The molecule has 12 heteroatoms. The summed E-state index contributed by atoms with van der Waals surface area (Å²) in [6.07, 6.45) is -3.46. The minimum absolute atomic E-state index is 0.0548. The molecule has 0 aliphatic rings. The number of halogens is 6. The lowest BCUT2D eigenvalue weighted by Crippen LogP contribution is -2.23. The summed E-state index contributed by atoms with van der Waals surface area (Å²) < 4.78 is 76.0. The van der Waals surface area contributed by atoms with Crippen molar-refractivity contribution in [2.24, 2.45) is 0 Å². The van der Waals surface area contributed by atoms with E-state index in [9.17, 15) is 26.7 Å². The van der Waals surface area contributed by atoms with E-state index in [1.54, 1.807) is 0 Å². The molecule has 0 aliphatic carbocycles. The molecule has 0 saturated heterocycles. The van der Waals surface area contributed by atoms with Crippen LogP contribution in [0.5, 0.6) is 11.5 Å². The summed E-state index contributed by atoms with van der Waals surface area (Å²) >= 11 is 3.75. The van der Waals surface area contributed by atoms with Gasteiger partial charge in [-0.15, -0.1) is 0 Å². The first-order chi connectivity index (χ1) is 13.6. The standard InChI is InChI=1S/C17H9BrF5N3O2S/c18-10-2-9(17(21,22)23)3-11(4-10)28-14-5-12(19)8(1-13(14)20)6-24-15(27)16-25-7-26-29-16/h1-5,7H,6H2,(H,24,27). The average Bonchev–Trinajstić information content (AvgIpc) is 3.16. The fourth-order valence-corrected chi connectivity index (χ4v) is 3.14. The Bertz CT molecular complexity index is 1040. The number of benzene rings is 2. The van der Waals surface area contributed by atoms with Gasteiger partial charge in [0.05, 0.1) is 5.56 Å². The van der Waals surface area contributed by atoms with Crippen molar-refractivity contribution in [3.63, 3.8) is 0 Å². The molecule has 3 aromatic rings. The van der Waals surface area contributed by atoms with E-state index in [0.717, 1.165) is 23.7 Å². The van der Waals surface area contributed by atoms with E-state index < -0.39 is 35.0 Å². The topological polar surface area (TPSA) is 64.1 Å². The lowest BCUT2D eigenvalue weighted by molar-refractivity contribution is -0.137. The molecule has 0 radical (unpaired) electrons. The Morgan fingerprint density at radius 2 is 1.90 bits per heavy atom. The molecule has 0 bridgehead atoms. The summed E-state index contributed by atoms with van der Waals surface area (Å²) in [5.41, 5.74) is -1.20. The molecule has 1 N–H and O–H groups in total. The Balaban J connectivity index is 1.77. The van der Waals surface area contributed by atoms with Crippen molar-refractivity contribution < 1.29 is 31.5 Å². The third-order valence-electron chi connectivity index (χ3n) is 3.52. The molecule has 1 amide bonds. The lowest BCUT2D eigenvalue weighted by Gasteiger charge is -2.13. The van der Waals surface area contributed by atoms with Crippen LogP contribution in [0.3, 0.4) is 0 Å². The molecule has 0 unspecified atom stereocenters. The van der Waals surface area contributed by atoms with Gasteiger partial charge in [-0.3, -0.25) is 4.79 Å². The van der Waals surface area contributed by atoms with Crippen LogP contribution in [0.2, 0.25) is 0 Å². The van der Waals surface area contributed by atoms with Crippen LogP contribution < -0.4 is 10.1 Å². The third-order valence-corrected chi connectivity index (χ3v) is 4.64. The summed E-state index contributed by atoms with van der Waals surface area (Å²) in [6, 6.07) is 4.15. The van der Waals surface area contributed by atoms with E-state index in [0.29, 0.717) is 12.1 Å². The van der Waals surface area contributed by atoms with E-state index in [1.165, 1.54) is 12.4 Å². The number of hydrogen-bond donors (Lipinski definition) is 1. The molecule has 0 aliphatic heterocycles. The van der Waals surface area contributed by atoms with E-state index in [1.807, 2.05) is 0 Å². The number of nitrogens with zero attached hydrogens (tertiary/aromatic N) is 2. The third kappa shape index (κ3) is 5.26. The first-order valence-corrected chi connectivity index (χ1v) is 9.28. The maximum absolute atomic E-state index is 14.3. The van der Waals surface area contributed by atoms with Crippen LogP contribution in [-0.2, 0) is 12.7 Å². The molecule has 0 atom stereocenters. The second-order valence-electron chi connectivity index (χ2n) is 5.58. The van der Waals surface area contributed by atoms with Gasteiger partial charge in [-0.05, 0) is 35.8 Å². The number of carbonyl (C=O) groups is 1. The van der Waals surface area contributed by atoms with Crippen LogP contribution in [-0.4, -0.2) is 15.3 Å². The molecule has 3 rings (SSSR count). The number of rotatable bonds is 5. The molecule has 1 heterocycles. The average molecular weight is 494 g/mol. The predicted molar refractivity (Wildman–Crippen MR) is 96.7 cm³/mol. The number of aromatic nitrogens is 2. The fraction of sp³-hybridized carbons (Fsp3) is 0.118. The minimum Gasteiger partial charge on any atom is -0.454 e. The van der Waals surface area contributed by atoms with Gasteiger partial charge < -0.3 is 10.1 Å². The number of alkyl halides is 3. The van der Waals surface area contributed by atoms with Crippen molar-refractivity contribution in [2.75, 3.05) is 0 Å². The lowest BCUT2D eigenvalue weighted by atomic mass is 10.2. The summed E-state index contributed by atoms with van der Waals surface area (Å²) in [4.78, 5) is 15.5. The molecule has 0 spiro atoms. The quantitative estimate of drug-likeness (QED) is 0.488. The van der Waals surface area contributed by atoms with Gasteiger partial charge in [-0.25, -0.2) is 13.8 Å². The Morgan fingerprint density at radius 3 is 2.55 bits per heavy atom. The highest BCUT2D eigenvalue weighted by Gasteiger charge is 2.31. The molecule has 1 aromatic heterocycles. The Morgan fingerprint density at radius 1 is 1.14 bits per heavy atom.